The molecule has 0 spiro atoms. The lowest BCUT2D eigenvalue weighted by atomic mass is 9.97. The van der Waals surface area contributed by atoms with E-state index in [0.717, 1.165) is 18.9 Å². The second-order valence-electron chi connectivity index (χ2n) is 7.75. The van der Waals surface area contributed by atoms with Gasteiger partial charge in [-0.1, -0.05) is 17.7 Å². The first-order chi connectivity index (χ1) is 14.9. The summed E-state index contributed by atoms with van der Waals surface area (Å²) in [6.45, 7) is 0.511. The number of halogens is 2. The summed E-state index contributed by atoms with van der Waals surface area (Å²) in [6, 6.07) is 4.56. The van der Waals surface area contributed by atoms with E-state index < -0.39 is 29.7 Å². The number of nitrogens with zero attached hydrogens (tertiary/aromatic N) is 2. The average Bonchev–Trinajstić information content (AvgIpc) is 3.16. The first kappa shape index (κ1) is 22.9. The molecule has 1 aromatic rings. The normalized spacial score (nSPS) is 22.4. The molecule has 0 aromatic heterocycles. The molecule has 2 fully saturated rings. The maximum absolute atomic E-state index is 13.9. The second kappa shape index (κ2) is 10.5. The Bertz CT molecular complexity index is 930. The smallest absolute Gasteiger partial charge is 0.261 e. The molecule has 0 radical (unpaired) electrons. The molecule has 3 rings (SSSR count). The Hall–Kier alpha value is -2.76. The van der Waals surface area contributed by atoms with Crippen LogP contribution >= 0.6 is 11.6 Å². The number of Topliss-reactive ketones (excluding diaryl/α,β-unsaturated/α-hetero) is 1. The summed E-state index contributed by atoms with van der Waals surface area (Å²) >= 11 is 5.73. The van der Waals surface area contributed by atoms with Crippen LogP contribution in [0.3, 0.4) is 0 Å². The molecule has 1 aromatic carbocycles. The Morgan fingerprint density at radius 1 is 1.39 bits per heavy atom. The predicted octanol–water partition coefficient (Wildman–Crippen LogP) is 2.76. The minimum atomic E-state index is -0.809. The van der Waals surface area contributed by atoms with Crippen LogP contribution in [0, 0.1) is 23.1 Å². The van der Waals surface area contributed by atoms with E-state index in [0.29, 0.717) is 25.8 Å². The molecule has 7 nitrogen and oxygen atoms in total. The molecule has 3 atom stereocenters. The lowest BCUT2D eigenvalue weighted by Gasteiger charge is -2.35. The van der Waals surface area contributed by atoms with Crippen LogP contribution in [0.4, 0.5) is 4.39 Å². The third kappa shape index (κ3) is 5.90. The van der Waals surface area contributed by atoms with E-state index in [2.05, 4.69) is 10.7 Å². The maximum Gasteiger partial charge on any atom is 0.261 e. The summed E-state index contributed by atoms with van der Waals surface area (Å²) in [7, 11) is 0. The third-order valence-electron chi connectivity index (χ3n) is 5.58. The van der Waals surface area contributed by atoms with Gasteiger partial charge in [0.2, 0.25) is 5.91 Å². The zero-order valence-electron chi connectivity index (χ0n) is 16.9. The highest BCUT2D eigenvalue weighted by Gasteiger charge is 2.34. The van der Waals surface area contributed by atoms with Gasteiger partial charge in [-0.2, -0.15) is 5.26 Å². The molecule has 1 heterocycles. The van der Waals surface area contributed by atoms with Gasteiger partial charge < -0.3 is 5.32 Å². The van der Waals surface area contributed by atoms with E-state index in [1.165, 1.54) is 29.3 Å². The molecule has 1 aliphatic carbocycles. The molecule has 31 heavy (non-hydrogen) atoms. The summed E-state index contributed by atoms with van der Waals surface area (Å²) in [6.07, 6.45) is 5.95. The summed E-state index contributed by atoms with van der Waals surface area (Å²) < 4.78 is 13.9. The number of carbonyl (C=O) groups excluding carboxylic acids is 3. The molecule has 0 bridgehead atoms. The van der Waals surface area contributed by atoms with Crippen molar-refractivity contribution < 1.29 is 18.8 Å². The van der Waals surface area contributed by atoms with Crippen molar-refractivity contribution in [2.24, 2.45) is 5.92 Å². The highest BCUT2D eigenvalue weighted by atomic mass is 35.5. The van der Waals surface area contributed by atoms with Gasteiger partial charge in [0, 0.05) is 35.5 Å². The largest absolute Gasteiger partial charge is 0.338 e. The van der Waals surface area contributed by atoms with Crippen LogP contribution in [-0.2, 0) is 14.4 Å². The monoisotopic (exact) mass is 446 g/mol. The molecule has 2 N–H and O–H groups in total. The van der Waals surface area contributed by atoms with Gasteiger partial charge >= 0.3 is 0 Å². The molecule has 1 saturated carbocycles. The van der Waals surface area contributed by atoms with Gasteiger partial charge in [-0.05, 0) is 50.3 Å². The summed E-state index contributed by atoms with van der Waals surface area (Å²) in [5, 5.41) is 13.6. The fraction of sp³-hybridized carbons (Fsp3) is 0.455. The standard InChI is InChI=1S/C22H24ClFN4O3/c23-16-8-6-14(18(24)12-16)7-9-21(30)28-19(4-2-10-26-28)22(31)27-17(13-25)11-15-3-1-5-20(15)29/h6-9,12,15,17,19,26H,1-5,10-11H2,(H,27,31)/b9-7+. The van der Waals surface area contributed by atoms with Crippen molar-refractivity contribution in [2.75, 3.05) is 6.54 Å². The number of carbonyl (C=O) groups is 3. The molecule has 3 unspecified atom stereocenters. The topological polar surface area (TPSA) is 102 Å². The minimum absolute atomic E-state index is 0.130. The molecule has 9 heteroatoms. The molecule has 1 saturated heterocycles. The third-order valence-corrected chi connectivity index (χ3v) is 5.81. The van der Waals surface area contributed by atoms with Crippen LogP contribution in [-0.4, -0.2) is 41.2 Å². The number of rotatable bonds is 6. The van der Waals surface area contributed by atoms with E-state index in [1.807, 2.05) is 6.07 Å². The van der Waals surface area contributed by atoms with E-state index in [-0.39, 0.29) is 28.7 Å². The van der Waals surface area contributed by atoms with Gasteiger partial charge in [0.05, 0.1) is 6.07 Å². The maximum atomic E-state index is 13.9. The number of benzene rings is 1. The SMILES string of the molecule is N#CC(CC1CCCC1=O)NC(=O)C1CCCNN1C(=O)/C=C/c1ccc(Cl)cc1F. The van der Waals surface area contributed by atoms with Crippen molar-refractivity contribution in [3.63, 3.8) is 0 Å². The van der Waals surface area contributed by atoms with Crippen molar-refractivity contribution in [3.05, 3.63) is 40.7 Å². The van der Waals surface area contributed by atoms with E-state index in [4.69, 9.17) is 11.6 Å². The van der Waals surface area contributed by atoms with Gasteiger partial charge in [0.1, 0.15) is 23.7 Å². The zero-order chi connectivity index (χ0) is 22.4. The Balaban J connectivity index is 1.65. The average molecular weight is 447 g/mol. The number of hydrogen-bond acceptors (Lipinski definition) is 5. The molecule has 1 aliphatic heterocycles. The lowest BCUT2D eigenvalue weighted by molar-refractivity contribution is -0.143. The van der Waals surface area contributed by atoms with Crippen molar-refractivity contribution in [3.8, 4) is 6.07 Å². The number of nitrogens with one attached hydrogen (secondary N) is 2. The van der Waals surface area contributed by atoms with Gasteiger partial charge in [-0.25, -0.2) is 9.82 Å². The molecule has 2 amide bonds. The number of hydrazine groups is 1. The number of amides is 2. The Labute approximate surface area is 185 Å². The summed E-state index contributed by atoms with van der Waals surface area (Å²) in [5.41, 5.74) is 3.10. The van der Waals surface area contributed by atoms with Crippen molar-refractivity contribution >= 4 is 35.3 Å². The first-order valence-electron chi connectivity index (χ1n) is 10.3. The highest BCUT2D eigenvalue weighted by molar-refractivity contribution is 6.30. The summed E-state index contributed by atoms with van der Waals surface area (Å²) in [5.74, 6) is -1.59. The van der Waals surface area contributed by atoms with Crippen LogP contribution < -0.4 is 10.7 Å². The molecular weight excluding hydrogens is 423 g/mol. The van der Waals surface area contributed by atoms with Gasteiger partial charge in [0.15, 0.2) is 0 Å². The van der Waals surface area contributed by atoms with Gasteiger partial charge in [0.25, 0.3) is 5.91 Å². The molecular formula is C22H24ClFN4O3. The molecule has 2 aliphatic rings. The van der Waals surface area contributed by atoms with E-state index in [9.17, 15) is 24.0 Å². The van der Waals surface area contributed by atoms with Crippen molar-refractivity contribution in [1.82, 2.24) is 15.8 Å². The number of nitriles is 1. The second-order valence-corrected chi connectivity index (χ2v) is 8.19. The summed E-state index contributed by atoms with van der Waals surface area (Å²) in [4.78, 5) is 37.4. The van der Waals surface area contributed by atoms with Gasteiger partial charge in [-0.15, -0.1) is 0 Å². The fourth-order valence-corrected chi connectivity index (χ4v) is 4.08. The van der Waals surface area contributed by atoms with Crippen LogP contribution in [0.15, 0.2) is 24.3 Å². The van der Waals surface area contributed by atoms with Crippen molar-refractivity contribution in [1.29, 1.82) is 5.26 Å². The Kier molecular flexibility index (Phi) is 7.77. The van der Waals surface area contributed by atoms with E-state index in [1.54, 1.807) is 0 Å². The highest BCUT2D eigenvalue weighted by Crippen LogP contribution is 2.25. The predicted molar refractivity (Wildman–Crippen MR) is 113 cm³/mol. The number of hydrogen-bond donors (Lipinski definition) is 2. The quantitative estimate of drug-likeness (QED) is 0.654. The van der Waals surface area contributed by atoms with E-state index >= 15 is 0 Å². The number of ketones is 1. The van der Waals surface area contributed by atoms with Gasteiger partial charge in [-0.3, -0.25) is 19.4 Å². The van der Waals surface area contributed by atoms with Crippen LogP contribution in [0.25, 0.3) is 6.08 Å². The van der Waals surface area contributed by atoms with Crippen LogP contribution in [0.2, 0.25) is 5.02 Å². The van der Waals surface area contributed by atoms with Crippen LogP contribution in [0.1, 0.15) is 44.1 Å². The minimum Gasteiger partial charge on any atom is -0.338 e. The van der Waals surface area contributed by atoms with Crippen LogP contribution in [0.5, 0.6) is 0 Å². The Morgan fingerprint density at radius 3 is 2.87 bits per heavy atom. The molecule has 164 valence electrons. The Morgan fingerprint density at radius 2 is 2.19 bits per heavy atom. The first-order valence-corrected chi connectivity index (χ1v) is 10.7. The lowest BCUT2D eigenvalue weighted by Crippen LogP contribution is -2.59. The fourth-order valence-electron chi connectivity index (χ4n) is 3.93. The zero-order valence-corrected chi connectivity index (χ0v) is 17.7. The van der Waals surface area contributed by atoms with Crippen molar-refractivity contribution in [2.45, 2.75) is 50.6 Å².